The Morgan fingerprint density at radius 2 is 2.11 bits per heavy atom. The molecular weight excluding hydrogens is 232 g/mol. The molecule has 0 aromatic heterocycles. The summed E-state index contributed by atoms with van der Waals surface area (Å²) >= 11 is 0. The fraction of sp³-hybridized carbons (Fsp3) is 0.462. The molecule has 18 heavy (non-hydrogen) atoms. The van der Waals surface area contributed by atoms with Crippen LogP contribution in [-0.4, -0.2) is 31.8 Å². The predicted octanol–water partition coefficient (Wildman–Crippen LogP) is 1.54. The first-order valence-electron chi connectivity index (χ1n) is 6.20. The van der Waals surface area contributed by atoms with Crippen molar-refractivity contribution < 1.29 is 14.3 Å². The minimum absolute atomic E-state index is 0.167. The van der Waals surface area contributed by atoms with Crippen LogP contribution in [0.25, 0.3) is 0 Å². The smallest absolute Gasteiger partial charge is 0.412 e. The Balaban J connectivity index is 1.82. The van der Waals surface area contributed by atoms with Crippen LogP contribution in [-0.2, 0) is 0 Å². The van der Waals surface area contributed by atoms with Crippen LogP contribution >= 0.6 is 0 Å². The van der Waals surface area contributed by atoms with Gasteiger partial charge in [-0.05, 0) is 44.2 Å². The minimum atomic E-state index is -0.409. The predicted molar refractivity (Wildman–Crippen MR) is 68.0 cm³/mol. The molecule has 0 saturated carbocycles. The van der Waals surface area contributed by atoms with Gasteiger partial charge in [0.15, 0.2) is 0 Å². The summed E-state index contributed by atoms with van der Waals surface area (Å²) in [4.78, 5) is 11.6. The average molecular weight is 250 g/mol. The molecule has 0 spiro atoms. The van der Waals surface area contributed by atoms with Crippen molar-refractivity contribution >= 4 is 6.09 Å². The van der Waals surface area contributed by atoms with E-state index in [4.69, 9.17) is 9.47 Å². The Bertz CT molecular complexity index is 386. The summed E-state index contributed by atoms with van der Waals surface area (Å²) in [6, 6.07) is 7.17. The average Bonchev–Trinajstić information content (AvgIpc) is 2.84. The molecule has 1 heterocycles. The zero-order valence-electron chi connectivity index (χ0n) is 10.4. The SMILES string of the molecule is CCOc1ccc(OC(=O)NC2CCNC2)cc1. The monoisotopic (exact) mass is 250 g/mol. The third kappa shape index (κ3) is 3.63. The number of amides is 1. The van der Waals surface area contributed by atoms with E-state index in [9.17, 15) is 4.79 Å². The number of hydrogen-bond donors (Lipinski definition) is 2. The first-order valence-corrected chi connectivity index (χ1v) is 6.20. The summed E-state index contributed by atoms with van der Waals surface area (Å²) in [7, 11) is 0. The van der Waals surface area contributed by atoms with Crippen molar-refractivity contribution in [1.29, 1.82) is 0 Å². The molecule has 1 amide bonds. The Hall–Kier alpha value is -1.75. The van der Waals surface area contributed by atoms with Gasteiger partial charge in [-0.15, -0.1) is 0 Å². The van der Waals surface area contributed by atoms with Gasteiger partial charge in [0.25, 0.3) is 0 Å². The van der Waals surface area contributed by atoms with E-state index in [1.54, 1.807) is 24.3 Å². The van der Waals surface area contributed by atoms with Gasteiger partial charge in [0.2, 0.25) is 0 Å². The van der Waals surface area contributed by atoms with E-state index in [1.807, 2.05) is 6.92 Å². The van der Waals surface area contributed by atoms with Crippen LogP contribution in [0.4, 0.5) is 4.79 Å². The molecule has 1 atom stereocenters. The van der Waals surface area contributed by atoms with E-state index >= 15 is 0 Å². The zero-order valence-corrected chi connectivity index (χ0v) is 10.4. The summed E-state index contributed by atoms with van der Waals surface area (Å²) < 4.78 is 10.5. The lowest BCUT2D eigenvalue weighted by molar-refractivity contribution is 0.196. The van der Waals surface area contributed by atoms with E-state index in [-0.39, 0.29) is 6.04 Å². The number of nitrogens with one attached hydrogen (secondary N) is 2. The number of ether oxygens (including phenoxy) is 2. The maximum atomic E-state index is 11.6. The largest absolute Gasteiger partial charge is 0.494 e. The van der Waals surface area contributed by atoms with Crippen LogP contribution in [0.15, 0.2) is 24.3 Å². The third-order valence-electron chi connectivity index (χ3n) is 2.73. The van der Waals surface area contributed by atoms with Gasteiger partial charge < -0.3 is 20.1 Å². The van der Waals surface area contributed by atoms with Gasteiger partial charge in [0.1, 0.15) is 11.5 Å². The van der Waals surface area contributed by atoms with E-state index in [2.05, 4.69) is 10.6 Å². The zero-order chi connectivity index (χ0) is 12.8. The molecule has 0 aliphatic carbocycles. The molecule has 0 radical (unpaired) electrons. The Labute approximate surface area is 106 Å². The lowest BCUT2D eigenvalue weighted by Gasteiger charge is -2.11. The molecule has 1 aliphatic heterocycles. The van der Waals surface area contributed by atoms with Crippen LogP contribution in [0.5, 0.6) is 11.5 Å². The molecule has 2 N–H and O–H groups in total. The standard InChI is InChI=1S/C13H18N2O3/c1-2-17-11-3-5-12(6-4-11)18-13(16)15-10-7-8-14-9-10/h3-6,10,14H,2,7-9H2,1H3,(H,15,16). The van der Waals surface area contributed by atoms with Gasteiger partial charge in [-0.25, -0.2) is 4.79 Å². The second kappa shape index (κ2) is 6.26. The highest BCUT2D eigenvalue weighted by Crippen LogP contribution is 2.17. The first-order chi connectivity index (χ1) is 8.78. The topological polar surface area (TPSA) is 59.6 Å². The van der Waals surface area contributed by atoms with Crippen molar-refractivity contribution in [2.24, 2.45) is 0 Å². The van der Waals surface area contributed by atoms with Crippen molar-refractivity contribution in [3.63, 3.8) is 0 Å². The quantitative estimate of drug-likeness (QED) is 0.851. The molecular formula is C13H18N2O3. The van der Waals surface area contributed by atoms with Crippen molar-refractivity contribution in [2.45, 2.75) is 19.4 Å². The highest BCUT2D eigenvalue weighted by atomic mass is 16.6. The van der Waals surface area contributed by atoms with Crippen LogP contribution in [0.1, 0.15) is 13.3 Å². The van der Waals surface area contributed by atoms with Crippen LogP contribution < -0.4 is 20.1 Å². The molecule has 1 aromatic rings. The van der Waals surface area contributed by atoms with Crippen LogP contribution in [0.2, 0.25) is 0 Å². The fourth-order valence-electron chi connectivity index (χ4n) is 1.85. The van der Waals surface area contributed by atoms with Crippen molar-refractivity contribution in [2.75, 3.05) is 19.7 Å². The number of hydrogen-bond acceptors (Lipinski definition) is 4. The highest BCUT2D eigenvalue weighted by Gasteiger charge is 2.17. The van der Waals surface area contributed by atoms with Gasteiger partial charge in [-0.3, -0.25) is 0 Å². The molecule has 1 unspecified atom stereocenters. The van der Waals surface area contributed by atoms with Crippen molar-refractivity contribution in [1.82, 2.24) is 10.6 Å². The van der Waals surface area contributed by atoms with Crippen molar-refractivity contribution in [3.05, 3.63) is 24.3 Å². The summed E-state index contributed by atoms with van der Waals surface area (Å²) in [5.74, 6) is 1.28. The molecule has 5 nitrogen and oxygen atoms in total. The van der Waals surface area contributed by atoms with E-state index in [0.717, 1.165) is 25.3 Å². The van der Waals surface area contributed by atoms with Gasteiger partial charge >= 0.3 is 6.09 Å². The molecule has 1 aromatic carbocycles. The third-order valence-corrected chi connectivity index (χ3v) is 2.73. The molecule has 1 aliphatic rings. The summed E-state index contributed by atoms with van der Waals surface area (Å²) in [5.41, 5.74) is 0. The molecule has 0 bridgehead atoms. The Kier molecular flexibility index (Phi) is 4.41. The normalized spacial score (nSPS) is 18.4. The highest BCUT2D eigenvalue weighted by molar-refractivity contribution is 5.70. The van der Waals surface area contributed by atoms with E-state index in [1.165, 1.54) is 0 Å². The van der Waals surface area contributed by atoms with Crippen LogP contribution in [0.3, 0.4) is 0 Å². The summed E-state index contributed by atoms with van der Waals surface area (Å²) in [6.45, 7) is 4.29. The molecule has 2 rings (SSSR count). The second-order valence-corrected chi connectivity index (χ2v) is 4.13. The number of carbonyl (C=O) groups excluding carboxylic acids is 1. The molecule has 98 valence electrons. The summed E-state index contributed by atoms with van der Waals surface area (Å²) in [6.07, 6.45) is 0.533. The van der Waals surface area contributed by atoms with E-state index in [0.29, 0.717) is 12.4 Å². The van der Waals surface area contributed by atoms with Crippen LogP contribution in [0, 0.1) is 0 Å². The molecule has 5 heteroatoms. The van der Waals surface area contributed by atoms with Gasteiger partial charge in [-0.1, -0.05) is 0 Å². The second-order valence-electron chi connectivity index (χ2n) is 4.13. The number of rotatable bonds is 4. The van der Waals surface area contributed by atoms with Gasteiger partial charge in [0, 0.05) is 12.6 Å². The van der Waals surface area contributed by atoms with Gasteiger partial charge in [-0.2, -0.15) is 0 Å². The molecule has 1 fully saturated rings. The lowest BCUT2D eigenvalue weighted by atomic mass is 10.3. The number of benzene rings is 1. The summed E-state index contributed by atoms with van der Waals surface area (Å²) in [5, 5.41) is 5.99. The minimum Gasteiger partial charge on any atom is -0.494 e. The lowest BCUT2D eigenvalue weighted by Crippen LogP contribution is -2.38. The van der Waals surface area contributed by atoms with Crippen molar-refractivity contribution in [3.8, 4) is 11.5 Å². The Morgan fingerprint density at radius 3 is 2.72 bits per heavy atom. The maximum absolute atomic E-state index is 11.6. The maximum Gasteiger partial charge on any atom is 0.412 e. The fourth-order valence-corrected chi connectivity index (χ4v) is 1.85. The van der Waals surface area contributed by atoms with E-state index < -0.39 is 6.09 Å². The Morgan fingerprint density at radius 1 is 1.39 bits per heavy atom. The van der Waals surface area contributed by atoms with Gasteiger partial charge in [0.05, 0.1) is 6.61 Å². The molecule has 1 saturated heterocycles. The number of carbonyl (C=O) groups is 1. The first kappa shape index (κ1) is 12.7.